The number of phenols is 1. The molecule has 0 saturated carbocycles. The Balaban J connectivity index is 1.29. The lowest BCUT2D eigenvalue weighted by Gasteiger charge is -2.37. The lowest BCUT2D eigenvalue weighted by atomic mass is 9.83. The smallest absolute Gasteiger partial charge is 0.324 e. The maximum Gasteiger partial charge on any atom is 0.324 e. The van der Waals surface area contributed by atoms with E-state index in [4.69, 9.17) is 14.5 Å². The first-order chi connectivity index (χ1) is 31.9. The lowest BCUT2D eigenvalue weighted by Crippen LogP contribution is -2.62. The average molecular weight is 923 g/mol. The van der Waals surface area contributed by atoms with Crippen molar-refractivity contribution in [3.63, 3.8) is 0 Å². The van der Waals surface area contributed by atoms with Gasteiger partial charge < -0.3 is 34.3 Å². The monoisotopic (exact) mass is 923 g/mol. The summed E-state index contributed by atoms with van der Waals surface area (Å²) < 4.78 is 14.3. The second kappa shape index (κ2) is 20.3. The number of ether oxygens (including phenoxy) is 2. The van der Waals surface area contributed by atoms with Gasteiger partial charge in [0.1, 0.15) is 29.9 Å². The highest BCUT2D eigenvalue weighted by Gasteiger charge is 2.43. The number of carbonyl (C=O) groups excluding carboxylic acids is 5. The number of aromatic nitrogens is 1. The number of hydrogen-bond donors (Lipinski definition) is 4. The van der Waals surface area contributed by atoms with Gasteiger partial charge in [0.15, 0.2) is 0 Å². The van der Waals surface area contributed by atoms with Crippen LogP contribution >= 0.6 is 0 Å². The Morgan fingerprint density at radius 2 is 1.84 bits per heavy atom. The number of fused-ring (bicyclic) bond motifs is 6. The quantitative estimate of drug-likeness (QED) is 0.142. The number of phenolic OH excluding ortho intramolecular Hbond substituents is 1. The minimum Gasteiger partial charge on any atom is -0.508 e. The summed E-state index contributed by atoms with van der Waals surface area (Å²) in [7, 11) is 4.80. The van der Waals surface area contributed by atoms with Gasteiger partial charge in [-0.3, -0.25) is 39.3 Å². The number of hydrazine groups is 1. The Kier molecular flexibility index (Phi) is 15.0. The van der Waals surface area contributed by atoms with Gasteiger partial charge >= 0.3 is 5.97 Å². The molecule has 2 saturated heterocycles. The van der Waals surface area contributed by atoms with Crippen LogP contribution in [0, 0.1) is 11.3 Å². The predicted molar refractivity (Wildman–Crippen MR) is 258 cm³/mol. The van der Waals surface area contributed by atoms with Crippen LogP contribution in [-0.2, 0) is 52.8 Å². The number of aryl methyl sites for hydroxylation is 1. The summed E-state index contributed by atoms with van der Waals surface area (Å²) >= 11 is 0. The second-order valence-electron chi connectivity index (χ2n) is 19.9. The fourth-order valence-corrected chi connectivity index (χ4v) is 10.1. The van der Waals surface area contributed by atoms with E-state index < -0.39 is 47.2 Å². The van der Waals surface area contributed by atoms with Crippen molar-refractivity contribution in [1.29, 1.82) is 0 Å². The molecule has 3 aromatic rings. The number of allylic oxidation sites excluding steroid dienone is 1. The number of esters is 1. The van der Waals surface area contributed by atoms with Gasteiger partial charge in [-0.1, -0.05) is 46.8 Å². The molecule has 0 unspecified atom stereocenters. The number of aromatic hydroxyl groups is 1. The number of benzene rings is 2. The molecular weight excluding hydrogens is 853 g/mol. The van der Waals surface area contributed by atoms with E-state index in [9.17, 15) is 29.1 Å². The van der Waals surface area contributed by atoms with E-state index in [1.807, 2.05) is 46.0 Å². The molecule has 2 fully saturated rings. The predicted octanol–water partition coefficient (Wildman–Crippen LogP) is 4.98. The van der Waals surface area contributed by atoms with Crippen molar-refractivity contribution in [2.75, 3.05) is 40.9 Å². The van der Waals surface area contributed by atoms with Gasteiger partial charge in [0.05, 0.1) is 30.6 Å². The minimum atomic E-state index is -1.17. The van der Waals surface area contributed by atoms with E-state index in [0.717, 1.165) is 63.8 Å². The summed E-state index contributed by atoms with van der Waals surface area (Å²) in [4.78, 5) is 77.4. The molecule has 67 heavy (non-hydrogen) atoms. The van der Waals surface area contributed by atoms with Crippen molar-refractivity contribution in [2.45, 2.75) is 136 Å². The van der Waals surface area contributed by atoms with Crippen LogP contribution in [0.2, 0.25) is 0 Å². The number of methoxy groups -OCH3 is 1. The number of cyclic esters (lactones) is 1. The Morgan fingerprint density at radius 3 is 2.52 bits per heavy atom. The number of aliphatic imine (C=N–C) groups is 1. The molecule has 4 amide bonds. The van der Waals surface area contributed by atoms with Gasteiger partial charge in [-0.25, -0.2) is 5.43 Å². The second-order valence-corrected chi connectivity index (χ2v) is 19.9. The van der Waals surface area contributed by atoms with E-state index in [0.29, 0.717) is 31.4 Å². The molecule has 0 radical (unpaired) electrons. The van der Waals surface area contributed by atoms with Crippen molar-refractivity contribution < 1.29 is 38.6 Å². The number of likely N-dealkylation sites (N-methyl/N-ethyl adjacent to an activating group) is 2. The van der Waals surface area contributed by atoms with Crippen LogP contribution in [-0.4, -0.2) is 138 Å². The van der Waals surface area contributed by atoms with Crippen LogP contribution < -0.4 is 16.1 Å². The fourth-order valence-electron chi connectivity index (χ4n) is 10.1. The first-order valence-electron chi connectivity index (χ1n) is 23.9. The van der Waals surface area contributed by atoms with Crippen molar-refractivity contribution in [1.82, 2.24) is 35.4 Å². The molecule has 7 rings (SSSR count). The highest BCUT2D eigenvalue weighted by molar-refractivity contribution is 5.96. The maximum absolute atomic E-state index is 14.7. The molecule has 0 aliphatic carbocycles. The summed E-state index contributed by atoms with van der Waals surface area (Å²) in [5, 5.41) is 19.9. The fraction of sp³-hybridized carbons (Fsp3) is 0.569. The number of amides is 4. The molecule has 4 aliphatic heterocycles. The van der Waals surface area contributed by atoms with Crippen LogP contribution in [0.3, 0.4) is 0 Å². The van der Waals surface area contributed by atoms with Gasteiger partial charge in [0.25, 0.3) is 5.91 Å². The van der Waals surface area contributed by atoms with Gasteiger partial charge in [0, 0.05) is 74.9 Å². The SMILES string of the molecule is CC[C@@H]1N[C@@H]1C(=O)N(C)CC(=O)N(C)[C@H](C(=O)N[C@H]1Cc2cc(O)cc(c2)-c2ccc3c(c2)c(c(C2=C([C@H](C)OC)N=CCC2)n3CC)CC(C)(C)COC(=O)[C@@H]2CCCN(N2)C1=O)C(C)C. The average Bonchev–Trinajstić information content (AvgIpc) is 4.04. The van der Waals surface area contributed by atoms with E-state index in [1.165, 1.54) is 21.9 Å². The van der Waals surface area contributed by atoms with E-state index in [1.54, 1.807) is 26.3 Å². The minimum absolute atomic E-state index is 0.00858. The van der Waals surface area contributed by atoms with Crippen LogP contribution in [0.25, 0.3) is 27.6 Å². The third-order valence-corrected chi connectivity index (χ3v) is 13.8. The largest absolute Gasteiger partial charge is 0.508 e. The Labute approximate surface area is 394 Å². The Hall–Kier alpha value is -5.58. The summed E-state index contributed by atoms with van der Waals surface area (Å²) in [6, 6.07) is 8.28. The van der Waals surface area contributed by atoms with E-state index >= 15 is 0 Å². The van der Waals surface area contributed by atoms with E-state index in [-0.39, 0.29) is 61.9 Å². The van der Waals surface area contributed by atoms with Crippen LogP contribution in [0.1, 0.15) is 97.4 Å². The first kappa shape index (κ1) is 49.3. The molecule has 16 heteroatoms. The van der Waals surface area contributed by atoms with Crippen LogP contribution in [0.4, 0.5) is 0 Å². The molecule has 5 heterocycles. The summed E-state index contributed by atoms with van der Waals surface area (Å²) in [6.07, 6.45) is 5.60. The van der Waals surface area contributed by atoms with Crippen LogP contribution in [0.15, 0.2) is 47.1 Å². The standard InChI is InChI=1S/C51H70N8O8/c1-11-38-44(53-38)49(64)56(8)27-42(61)57(9)45(29(3)4)47(62)54-40-23-31-21-33(24-34(60)22-31)32-17-18-41-36(25-32)37(46(58(41)12-2)35-15-13-19-52-43(35)30(5)66-10)26-51(6,7)28-67-50(65)39-16-14-20-59(55-39)48(40)63/h17-19,21-22,24-25,29-30,38-40,44-45,53,55,60H,11-16,20,23,26-28H2,1-10H3,(H,54,62)/t30-,38-,39-,40-,44-,45-/m0/s1. The molecule has 362 valence electrons. The molecule has 6 atom stereocenters. The third kappa shape index (κ3) is 10.6. The molecule has 2 aromatic carbocycles. The Morgan fingerprint density at radius 1 is 1.07 bits per heavy atom. The zero-order chi connectivity index (χ0) is 48.5. The first-order valence-corrected chi connectivity index (χ1v) is 23.9. The van der Waals surface area contributed by atoms with Crippen molar-refractivity contribution >= 4 is 52.3 Å². The summed E-state index contributed by atoms with van der Waals surface area (Å²) in [5.41, 5.74) is 10.0. The van der Waals surface area contributed by atoms with Crippen LogP contribution in [0.5, 0.6) is 5.75 Å². The number of rotatable bonds is 12. The van der Waals surface area contributed by atoms with Crippen molar-refractivity contribution in [2.24, 2.45) is 16.3 Å². The molecule has 16 nitrogen and oxygen atoms in total. The molecule has 4 aliphatic rings. The van der Waals surface area contributed by atoms with E-state index in [2.05, 4.69) is 53.5 Å². The summed E-state index contributed by atoms with van der Waals surface area (Å²) in [6.45, 7) is 14.8. The van der Waals surface area contributed by atoms with Gasteiger partial charge in [-0.15, -0.1) is 0 Å². The number of nitrogens with zero attached hydrogens (tertiary/aromatic N) is 5. The van der Waals surface area contributed by atoms with Gasteiger partial charge in [-0.05, 0) is 105 Å². The number of hydrogen-bond acceptors (Lipinski definition) is 11. The highest BCUT2D eigenvalue weighted by atomic mass is 16.5. The molecular formula is C51H70N8O8. The topological polar surface area (TPSA) is 197 Å². The highest BCUT2D eigenvalue weighted by Crippen LogP contribution is 2.42. The maximum atomic E-state index is 14.7. The lowest BCUT2D eigenvalue weighted by molar-refractivity contribution is -0.155. The summed E-state index contributed by atoms with van der Waals surface area (Å²) in [5.74, 6) is -2.50. The normalized spacial score (nSPS) is 22.8. The number of nitrogens with one attached hydrogen (secondary N) is 3. The van der Waals surface area contributed by atoms with Gasteiger partial charge in [0.2, 0.25) is 17.7 Å². The Bertz CT molecular complexity index is 2460. The zero-order valence-electron chi connectivity index (χ0n) is 40.9. The zero-order valence-corrected chi connectivity index (χ0v) is 40.9. The number of carbonyl (C=O) groups is 5. The molecule has 1 aromatic heterocycles. The van der Waals surface area contributed by atoms with Crippen molar-refractivity contribution in [3.8, 4) is 16.9 Å². The molecule has 0 spiro atoms. The molecule has 4 N–H and O–H groups in total. The third-order valence-electron chi connectivity index (χ3n) is 13.8. The van der Waals surface area contributed by atoms with Crippen molar-refractivity contribution in [3.05, 3.63) is 58.9 Å². The van der Waals surface area contributed by atoms with Gasteiger partial charge in [-0.2, -0.15) is 0 Å². The molecule has 6 bridgehead atoms.